The molecule has 2 aromatic rings. The van der Waals surface area contributed by atoms with Gasteiger partial charge in [-0.2, -0.15) is 0 Å². The van der Waals surface area contributed by atoms with Crippen LogP contribution in [0.1, 0.15) is 22.9 Å². The number of morpholine rings is 1. The summed E-state index contributed by atoms with van der Waals surface area (Å²) in [4.78, 5) is 18.8. The number of oxazole rings is 1. The van der Waals surface area contributed by atoms with Crippen molar-refractivity contribution in [3.05, 3.63) is 53.2 Å². The first-order chi connectivity index (χ1) is 11.6. The Morgan fingerprint density at radius 3 is 2.83 bits per heavy atom. The molecule has 1 saturated heterocycles. The van der Waals surface area contributed by atoms with Crippen molar-refractivity contribution in [2.24, 2.45) is 0 Å². The number of amides is 1. The van der Waals surface area contributed by atoms with Crippen LogP contribution in [0.5, 0.6) is 0 Å². The molecule has 0 spiro atoms. The Morgan fingerprint density at radius 1 is 1.33 bits per heavy atom. The lowest BCUT2D eigenvalue weighted by Gasteiger charge is -2.32. The summed E-state index contributed by atoms with van der Waals surface area (Å²) in [6.45, 7) is 6.83. The lowest BCUT2D eigenvalue weighted by atomic mass is 10.2. The summed E-state index contributed by atoms with van der Waals surface area (Å²) in [5.74, 6) is 1.18. The molecule has 1 aliphatic heterocycles. The smallest absolute Gasteiger partial charge is 0.250 e. The first kappa shape index (κ1) is 16.7. The highest BCUT2D eigenvalue weighted by Gasteiger charge is 2.26. The van der Waals surface area contributed by atoms with E-state index in [9.17, 15) is 4.79 Å². The van der Waals surface area contributed by atoms with Gasteiger partial charge in [-0.1, -0.05) is 30.3 Å². The lowest BCUT2D eigenvalue weighted by molar-refractivity contribution is -0.139. The van der Waals surface area contributed by atoms with Crippen LogP contribution in [-0.4, -0.2) is 41.6 Å². The monoisotopic (exact) mass is 329 g/mol. The molecular weight excluding hydrogens is 306 g/mol. The molecule has 24 heavy (non-hydrogen) atoms. The van der Waals surface area contributed by atoms with Crippen molar-refractivity contribution in [1.29, 1.82) is 0 Å². The van der Waals surface area contributed by atoms with E-state index in [2.05, 4.69) is 27.3 Å². The normalized spacial score (nSPS) is 18.5. The molecular formula is C18H23N3O3. The van der Waals surface area contributed by atoms with E-state index in [1.165, 1.54) is 5.56 Å². The summed E-state index contributed by atoms with van der Waals surface area (Å²) in [5, 5.41) is 2.85. The molecule has 1 aliphatic rings. The van der Waals surface area contributed by atoms with Crippen LogP contribution in [-0.2, 0) is 22.6 Å². The molecule has 6 heteroatoms. The fourth-order valence-electron chi connectivity index (χ4n) is 2.74. The Morgan fingerprint density at radius 2 is 2.12 bits per heavy atom. The third-order valence-corrected chi connectivity index (χ3v) is 4.18. The number of nitrogens with one attached hydrogen (secondary N) is 1. The summed E-state index contributed by atoms with van der Waals surface area (Å²) in [6.07, 6.45) is -0.459. The van der Waals surface area contributed by atoms with E-state index < -0.39 is 6.10 Å². The number of carbonyl (C=O) groups is 1. The molecule has 128 valence electrons. The maximum absolute atomic E-state index is 12.3. The molecule has 0 radical (unpaired) electrons. The number of carbonyl (C=O) groups excluding carboxylic acids is 1. The maximum Gasteiger partial charge on any atom is 0.250 e. The number of rotatable bonds is 5. The Balaban J connectivity index is 1.51. The summed E-state index contributed by atoms with van der Waals surface area (Å²) in [7, 11) is 0. The van der Waals surface area contributed by atoms with Crippen LogP contribution in [0.15, 0.2) is 34.7 Å². The summed E-state index contributed by atoms with van der Waals surface area (Å²) >= 11 is 0. The van der Waals surface area contributed by atoms with Crippen molar-refractivity contribution >= 4 is 5.91 Å². The Kier molecular flexibility index (Phi) is 5.27. The highest BCUT2D eigenvalue weighted by molar-refractivity contribution is 5.81. The molecule has 1 N–H and O–H groups in total. The van der Waals surface area contributed by atoms with Gasteiger partial charge in [0.15, 0.2) is 0 Å². The Hall–Kier alpha value is -2.18. The van der Waals surface area contributed by atoms with Crippen LogP contribution >= 0.6 is 0 Å². The highest BCUT2D eigenvalue weighted by atomic mass is 16.5. The van der Waals surface area contributed by atoms with Crippen LogP contribution in [0, 0.1) is 13.8 Å². The van der Waals surface area contributed by atoms with E-state index in [1.807, 2.05) is 32.0 Å². The van der Waals surface area contributed by atoms with Crippen LogP contribution < -0.4 is 5.32 Å². The molecule has 1 amide bonds. The third kappa shape index (κ3) is 4.21. The van der Waals surface area contributed by atoms with Gasteiger partial charge in [0.2, 0.25) is 5.89 Å². The van der Waals surface area contributed by atoms with Crippen LogP contribution in [0.4, 0.5) is 0 Å². The minimum atomic E-state index is -0.459. The first-order valence-electron chi connectivity index (χ1n) is 8.20. The average molecular weight is 329 g/mol. The van der Waals surface area contributed by atoms with Gasteiger partial charge >= 0.3 is 0 Å². The summed E-state index contributed by atoms with van der Waals surface area (Å²) < 4.78 is 11.1. The van der Waals surface area contributed by atoms with Crippen molar-refractivity contribution < 1.29 is 13.9 Å². The number of aromatic nitrogens is 1. The number of aryl methyl sites for hydroxylation is 2. The third-order valence-electron chi connectivity index (χ3n) is 4.18. The van der Waals surface area contributed by atoms with Crippen LogP contribution in [0.3, 0.4) is 0 Å². The topological polar surface area (TPSA) is 67.6 Å². The largest absolute Gasteiger partial charge is 0.444 e. The van der Waals surface area contributed by atoms with Gasteiger partial charge in [-0.05, 0) is 19.4 Å². The number of hydrogen-bond acceptors (Lipinski definition) is 5. The Bertz CT molecular complexity index is 665. The van der Waals surface area contributed by atoms with Crippen molar-refractivity contribution in [2.45, 2.75) is 33.0 Å². The molecule has 1 aromatic carbocycles. The fourth-order valence-corrected chi connectivity index (χ4v) is 2.74. The predicted octanol–water partition coefficient (Wildman–Crippen LogP) is 1.81. The molecule has 0 bridgehead atoms. The van der Waals surface area contributed by atoms with Gasteiger partial charge in [0.1, 0.15) is 11.9 Å². The Labute approximate surface area is 141 Å². The second-order valence-corrected chi connectivity index (χ2v) is 6.05. The average Bonchev–Trinajstić information content (AvgIpc) is 2.92. The molecule has 0 unspecified atom stereocenters. The molecule has 0 saturated carbocycles. The fraction of sp³-hybridized carbons (Fsp3) is 0.444. The molecule has 2 heterocycles. The number of hydrogen-bond donors (Lipinski definition) is 1. The van der Waals surface area contributed by atoms with Crippen LogP contribution in [0.2, 0.25) is 0 Å². The van der Waals surface area contributed by atoms with Gasteiger partial charge in [-0.25, -0.2) is 4.98 Å². The molecule has 6 nitrogen and oxygen atoms in total. The predicted molar refractivity (Wildman–Crippen MR) is 89.3 cm³/mol. The van der Waals surface area contributed by atoms with E-state index in [0.29, 0.717) is 19.0 Å². The van der Waals surface area contributed by atoms with Gasteiger partial charge in [0.05, 0.1) is 18.8 Å². The minimum Gasteiger partial charge on any atom is -0.444 e. The number of benzene rings is 1. The van der Waals surface area contributed by atoms with Gasteiger partial charge < -0.3 is 14.5 Å². The second-order valence-electron chi connectivity index (χ2n) is 6.05. The quantitative estimate of drug-likeness (QED) is 0.906. The molecule has 1 fully saturated rings. The second kappa shape index (κ2) is 7.59. The maximum atomic E-state index is 12.3. The van der Waals surface area contributed by atoms with Gasteiger partial charge in [-0.3, -0.25) is 9.69 Å². The standard InChI is InChI=1S/C18H23N3O3/c1-13-14(2)24-17(20-13)10-19-18(22)16-12-21(8-9-23-16)11-15-6-4-3-5-7-15/h3-7,16H,8-12H2,1-2H3,(H,19,22)/t16-/m1/s1. The summed E-state index contributed by atoms with van der Waals surface area (Å²) in [5.41, 5.74) is 2.09. The number of ether oxygens (including phenoxy) is 1. The SMILES string of the molecule is Cc1nc(CNC(=O)[C@H]2CN(Cc3ccccc3)CCO2)oc1C. The van der Waals surface area contributed by atoms with E-state index in [-0.39, 0.29) is 12.5 Å². The van der Waals surface area contributed by atoms with Crippen molar-refractivity contribution in [3.8, 4) is 0 Å². The van der Waals surface area contributed by atoms with Gasteiger partial charge in [0, 0.05) is 19.6 Å². The van der Waals surface area contributed by atoms with E-state index in [4.69, 9.17) is 9.15 Å². The molecule has 1 atom stereocenters. The highest BCUT2D eigenvalue weighted by Crippen LogP contribution is 2.11. The zero-order valence-electron chi connectivity index (χ0n) is 14.1. The van der Waals surface area contributed by atoms with Crippen LogP contribution in [0.25, 0.3) is 0 Å². The van der Waals surface area contributed by atoms with Crippen molar-refractivity contribution in [3.63, 3.8) is 0 Å². The zero-order valence-corrected chi connectivity index (χ0v) is 14.1. The first-order valence-corrected chi connectivity index (χ1v) is 8.20. The number of nitrogens with zero attached hydrogens (tertiary/aromatic N) is 2. The van der Waals surface area contributed by atoms with E-state index in [1.54, 1.807) is 0 Å². The molecule has 1 aromatic heterocycles. The molecule has 0 aliphatic carbocycles. The summed E-state index contributed by atoms with van der Waals surface area (Å²) in [6, 6.07) is 10.3. The van der Waals surface area contributed by atoms with E-state index in [0.717, 1.165) is 24.5 Å². The van der Waals surface area contributed by atoms with Crippen molar-refractivity contribution in [1.82, 2.24) is 15.2 Å². The zero-order chi connectivity index (χ0) is 16.9. The van der Waals surface area contributed by atoms with Crippen molar-refractivity contribution in [2.75, 3.05) is 19.7 Å². The van der Waals surface area contributed by atoms with Gasteiger partial charge in [0.25, 0.3) is 5.91 Å². The lowest BCUT2D eigenvalue weighted by Crippen LogP contribution is -2.49. The van der Waals surface area contributed by atoms with E-state index >= 15 is 0 Å². The minimum absolute atomic E-state index is 0.124. The molecule has 3 rings (SSSR count). The van der Waals surface area contributed by atoms with Gasteiger partial charge in [-0.15, -0.1) is 0 Å².